The first-order chi connectivity index (χ1) is 9.45. The van der Waals surface area contributed by atoms with E-state index in [2.05, 4.69) is 44.3 Å². The SMILES string of the molecule is CNC(CCC(C)(C)OC)c1cc2cc(C)ccc2o1. The summed E-state index contributed by atoms with van der Waals surface area (Å²) in [6, 6.07) is 8.65. The summed E-state index contributed by atoms with van der Waals surface area (Å²) >= 11 is 0. The van der Waals surface area contributed by atoms with Crippen LogP contribution in [0.1, 0.15) is 44.1 Å². The van der Waals surface area contributed by atoms with Crippen LogP contribution in [0.15, 0.2) is 28.7 Å². The van der Waals surface area contributed by atoms with Crippen molar-refractivity contribution in [3.63, 3.8) is 0 Å². The van der Waals surface area contributed by atoms with E-state index in [1.165, 1.54) is 10.9 Å². The van der Waals surface area contributed by atoms with E-state index < -0.39 is 0 Å². The summed E-state index contributed by atoms with van der Waals surface area (Å²) in [7, 11) is 3.74. The molecule has 0 aliphatic rings. The van der Waals surface area contributed by atoms with Gasteiger partial charge in [0, 0.05) is 12.5 Å². The number of hydrogen-bond donors (Lipinski definition) is 1. The Balaban J connectivity index is 2.17. The Bertz CT molecular complexity index is 571. The standard InChI is InChI=1S/C17H25NO2/c1-12-6-7-15-13(10-12)11-16(20-15)14(18-4)8-9-17(2,3)19-5/h6-7,10-11,14,18H,8-9H2,1-5H3. The average Bonchev–Trinajstić information content (AvgIpc) is 2.82. The summed E-state index contributed by atoms with van der Waals surface area (Å²) in [6.07, 6.45) is 1.96. The van der Waals surface area contributed by atoms with Crippen molar-refractivity contribution in [1.29, 1.82) is 0 Å². The molecular weight excluding hydrogens is 250 g/mol. The van der Waals surface area contributed by atoms with Gasteiger partial charge in [0.05, 0.1) is 11.6 Å². The van der Waals surface area contributed by atoms with Gasteiger partial charge in [-0.15, -0.1) is 0 Å². The van der Waals surface area contributed by atoms with Gasteiger partial charge in [-0.1, -0.05) is 11.6 Å². The molecule has 0 saturated carbocycles. The first-order valence-corrected chi connectivity index (χ1v) is 7.18. The Hall–Kier alpha value is -1.32. The number of furan rings is 1. The van der Waals surface area contributed by atoms with Crippen LogP contribution in [0, 0.1) is 6.92 Å². The molecule has 0 aliphatic carbocycles. The molecule has 0 radical (unpaired) electrons. The van der Waals surface area contributed by atoms with Crippen LogP contribution in [0.4, 0.5) is 0 Å². The molecule has 2 aromatic rings. The first-order valence-electron chi connectivity index (χ1n) is 7.18. The second-order valence-electron chi connectivity index (χ2n) is 6.03. The maximum Gasteiger partial charge on any atom is 0.134 e. The summed E-state index contributed by atoms with van der Waals surface area (Å²) in [6.45, 7) is 6.33. The van der Waals surface area contributed by atoms with Crippen molar-refractivity contribution >= 4 is 11.0 Å². The van der Waals surface area contributed by atoms with Crippen LogP contribution in [0.3, 0.4) is 0 Å². The van der Waals surface area contributed by atoms with Crippen LogP contribution < -0.4 is 5.32 Å². The van der Waals surface area contributed by atoms with E-state index in [1.54, 1.807) is 7.11 Å². The zero-order valence-electron chi connectivity index (χ0n) is 13.1. The second kappa shape index (κ2) is 5.98. The Labute approximate surface area is 121 Å². The van der Waals surface area contributed by atoms with Crippen LogP contribution in [0.2, 0.25) is 0 Å². The van der Waals surface area contributed by atoms with Crippen molar-refractivity contribution in [1.82, 2.24) is 5.32 Å². The van der Waals surface area contributed by atoms with Gasteiger partial charge in [-0.2, -0.15) is 0 Å². The predicted octanol–water partition coefficient (Wildman–Crippen LogP) is 4.21. The van der Waals surface area contributed by atoms with Gasteiger partial charge in [-0.3, -0.25) is 0 Å². The Morgan fingerprint density at radius 3 is 2.70 bits per heavy atom. The fourth-order valence-electron chi connectivity index (χ4n) is 2.38. The molecule has 3 heteroatoms. The van der Waals surface area contributed by atoms with E-state index in [4.69, 9.17) is 9.15 Å². The maximum absolute atomic E-state index is 5.97. The Morgan fingerprint density at radius 1 is 1.30 bits per heavy atom. The zero-order chi connectivity index (χ0) is 14.8. The van der Waals surface area contributed by atoms with Crippen molar-refractivity contribution in [2.24, 2.45) is 0 Å². The molecule has 2 rings (SSSR count). The highest BCUT2D eigenvalue weighted by Gasteiger charge is 2.21. The third-order valence-electron chi connectivity index (χ3n) is 3.97. The lowest BCUT2D eigenvalue weighted by atomic mass is 9.97. The summed E-state index contributed by atoms with van der Waals surface area (Å²) in [4.78, 5) is 0. The predicted molar refractivity (Wildman–Crippen MR) is 83.1 cm³/mol. The van der Waals surface area contributed by atoms with Gasteiger partial charge in [0.2, 0.25) is 0 Å². The molecule has 0 spiro atoms. The summed E-state index contributed by atoms with van der Waals surface area (Å²) in [5, 5.41) is 4.51. The lowest BCUT2D eigenvalue weighted by Crippen LogP contribution is -2.25. The monoisotopic (exact) mass is 275 g/mol. The minimum Gasteiger partial charge on any atom is -0.459 e. The molecule has 0 amide bonds. The molecule has 3 nitrogen and oxygen atoms in total. The number of hydrogen-bond acceptors (Lipinski definition) is 3. The molecule has 0 saturated heterocycles. The number of aryl methyl sites for hydroxylation is 1. The van der Waals surface area contributed by atoms with E-state index in [1.807, 2.05) is 13.1 Å². The fourth-order valence-corrected chi connectivity index (χ4v) is 2.38. The molecule has 110 valence electrons. The lowest BCUT2D eigenvalue weighted by molar-refractivity contribution is 0.0114. The molecular formula is C17H25NO2. The van der Waals surface area contributed by atoms with Gasteiger partial charge in [-0.05, 0) is 58.9 Å². The third kappa shape index (κ3) is 3.41. The Morgan fingerprint density at radius 2 is 2.05 bits per heavy atom. The van der Waals surface area contributed by atoms with Crippen molar-refractivity contribution < 1.29 is 9.15 Å². The van der Waals surface area contributed by atoms with Gasteiger partial charge in [0.25, 0.3) is 0 Å². The number of ether oxygens (including phenoxy) is 1. The van der Waals surface area contributed by atoms with E-state index in [0.717, 1.165) is 24.2 Å². The largest absolute Gasteiger partial charge is 0.459 e. The summed E-state index contributed by atoms with van der Waals surface area (Å²) in [5.74, 6) is 1.00. The van der Waals surface area contributed by atoms with E-state index >= 15 is 0 Å². The molecule has 1 aromatic heterocycles. The number of rotatable bonds is 6. The topological polar surface area (TPSA) is 34.4 Å². The molecule has 0 aliphatic heterocycles. The summed E-state index contributed by atoms with van der Waals surface area (Å²) < 4.78 is 11.5. The number of fused-ring (bicyclic) bond motifs is 1. The van der Waals surface area contributed by atoms with Crippen LogP contribution >= 0.6 is 0 Å². The molecule has 1 unspecified atom stereocenters. The minimum atomic E-state index is -0.0995. The normalized spacial score (nSPS) is 13.8. The van der Waals surface area contributed by atoms with Crippen molar-refractivity contribution in [3.8, 4) is 0 Å². The van der Waals surface area contributed by atoms with Crippen molar-refractivity contribution in [2.45, 2.75) is 45.3 Å². The third-order valence-corrected chi connectivity index (χ3v) is 3.97. The van der Waals surface area contributed by atoms with Crippen LogP contribution in [-0.4, -0.2) is 19.8 Å². The highest BCUT2D eigenvalue weighted by molar-refractivity contribution is 5.78. The summed E-state index contributed by atoms with van der Waals surface area (Å²) in [5.41, 5.74) is 2.11. The molecule has 0 bridgehead atoms. The van der Waals surface area contributed by atoms with Crippen LogP contribution in [0.25, 0.3) is 11.0 Å². The quantitative estimate of drug-likeness (QED) is 0.857. The van der Waals surface area contributed by atoms with Crippen LogP contribution in [-0.2, 0) is 4.74 Å². The van der Waals surface area contributed by atoms with Gasteiger partial charge in [-0.25, -0.2) is 0 Å². The maximum atomic E-state index is 5.97. The lowest BCUT2D eigenvalue weighted by Gasteiger charge is -2.25. The number of methoxy groups -OCH3 is 1. The molecule has 1 heterocycles. The molecule has 1 atom stereocenters. The minimum absolute atomic E-state index is 0.0995. The van der Waals surface area contributed by atoms with Gasteiger partial charge in [0.15, 0.2) is 0 Å². The number of benzene rings is 1. The smallest absolute Gasteiger partial charge is 0.134 e. The van der Waals surface area contributed by atoms with E-state index in [9.17, 15) is 0 Å². The van der Waals surface area contributed by atoms with E-state index in [0.29, 0.717) is 0 Å². The first kappa shape index (κ1) is 15.1. The molecule has 0 fully saturated rings. The second-order valence-corrected chi connectivity index (χ2v) is 6.03. The van der Waals surface area contributed by atoms with Gasteiger partial charge < -0.3 is 14.5 Å². The van der Waals surface area contributed by atoms with Gasteiger partial charge in [0.1, 0.15) is 11.3 Å². The fraction of sp³-hybridized carbons (Fsp3) is 0.529. The van der Waals surface area contributed by atoms with Crippen LogP contribution in [0.5, 0.6) is 0 Å². The van der Waals surface area contributed by atoms with E-state index in [-0.39, 0.29) is 11.6 Å². The van der Waals surface area contributed by atoms with Crippen molar-refractivity contribution in [3.05, 3.63) is 35.6 Å². The number of nitrogens with one attached hydrogen (secondary N) is 1. The highest BCUT2D eigenvalue weighted by atomic mass is 16.5. The zero-order valence-corrected chi connectivity index (χ0v) is 13.1. The van der Waals surface area contributed by atoms with Crippen molar-refractivity contribution in [2.75, 3.05) is 14.2 Å². The molecule has 20 heavy (non-hydrogen) atoms. The highest BCUT2D eigenvalue weighted by Crippen LogP contribution is 2.29. The molecule has 1 aromatic carbocycles. The van der Waals surface area contributed by atoms with Gasteiger partial charge >= 0.3 is 0 Å². The molecule has 1 N–H and O–H groups in total. The Kier molecular flexibility index (Phi) is 4.51. The average molecular weight is 275 g/mol.